The van der Waals surface area contributed by atoms with Crippen LogP contribution in [-0.2, 0) is 19.1 Å². The lowest BCUT2D eigenvalue weighted by Gasteiger charge is -2.27. The van der Waals surface area contributed by atoms with Crippen molar-refractivity contribution in [2.75, 3.05) is 18.6 Å². The molecule has 0 saturated carbocycles. The van der Waals surface area contributed by atoms with Crippen LogP contribution in [0.15, 0.2) is 48.5 Å². The third-order valence-electron chi connectivity index (χ3n) is 4.45. The number of benzene rings is 2. The number of methoxy groups -OCH3 is 1. The number of nitrogens with zero attached hydrogens (tertiary/aromatic N) is 1. The molecule has 1 atom stereocenters. The van der Waals surface area contributed by atoms with Gasteiger partial charge in [-0.05, 0) is 38.0 Å². The maximum absolute atomic E-state index is 13.5. The van der Waals surface area contributed by atoms with Gasteiger partial charge in [0, 0.05) is 5.56 Å². The second-order valence-electron chi connectivity index (χ2n) is 7.68. The number of ether oxygens (including phenoxy) is 2. The predicted molar refractivity (Wildman–Crippen MR) is 108 cm³/mol. The molecule has 1 heterocycles. The summed E-state index contributed by atoms with van der Waals surface area (Å²) in [5.74, 6) is -1.01. The van der Waals surface area contributed by atoms with Gasteiger partial charge < -0.3 is 14.8 Å². The summed E-state index contributed by atoms with van der Waals surface area (Å²) in [5, 5.41) is 2.67. The Bertz CT molecular complexity index is 948. The molecule has 0 aromatic heterocycles. The number of nitrogens with one attached hydrogen (secondary N) is 1. The van der Waals surface area contributed by atoms with Crippen molar-refractivity contribution >= 4 is 23.7 Å². The van der Waals surface area contributed by atoms with Gasteiger partial charge in [0.2, 0.25) is 0 Å². The van der Waals surface area contributed by atoms with E-state index in [0.29, 0.717) is 11.3 Å². The van der Waals surface area contributed by atoms with Gasteiger partial charge in [-0.25, -0.2) is 4.79 Å². The summed E-state index contributed by atoms with van der Waals surface area (Å²) in [4.78, 5) is 39.3. The van der Waals surface area contributed by atoms with E-state index in [1.54, 1.807) is 45.0 Å². The van der Waals surface area contributed by atoms with Crippen LogP contribution >= 0.6 is 0 Å². The van der Waals surface area contributed by atoms with Crippen LogP contribution < -0.4 is 10.2 Å². The first-order chi connectivity index (χ1) is 13.7. The van der Waals surface area contributed by atoms with E-state index < -0.39 is 29.6 Å². The molecule has 0 bridgehead atoms. The van der Waals surface area contributed by atoms with Crippen molar-refractivity contribution in [3.63, 3.8) is 0 Å². The Morgan fingerprint density at radius 1 is 1.03 bits per heavy atom. The number of anilines is 1. The van der Waals surface area contributed by atoms with E-state index in [0.717, 1.165) is 11.1 Å². The molecule has 2 amide bonds. The highest BCUT2D eigenvalue weighted by Gasteiger charge is 2.36. The number of alkyl carbamates (subject to hydrolysis) is 1. The van der Waals surface area contributed by atoms with Crippen LogP contribution in [0.25, 0.3) is 11.1 Å². The average molecular weight is 396 g/mol. The van der Waals surface area contributed by atoms with Crippen LogP contribution in [0.2, 0.25) is 0 Å². The van der Waals surface area contributed by atoms with Gasteiger partial charge in [0.05, 0.1) is 12.8 Å². The third kappa shape index (κ3) is 4.39. The zero-order valence-corrected chi connectivity index (χ0v) is 16.9. The van der Waals surface area contributed by atoms with Crippen molar-refractivity contribution < 1.29 is 23.9 Å². The Labute approximate surface area is 169 Å². The highest BCUT2D eigenvalue weighted by Crippen LogP contribution is 2.40. The van der Waals surface area contributed by atoms with E-state index >= 15 is 0 Å². The molecule has 0 unspecified atom stereocenters. The third-order valence-corrected chi connectivity index (χ3v) is 4.45. The molecule has 3 rings (SSSR count). The summed E-state index contributed by atoms with van der Waals surface area (Å²) < 4.78 is 10.1. The number of amides is 2. The smallest absolute Gasteiger partial charge is 0.408 e. The van der Waals surface area contributed by atoms with Crippen molar-refractivity contribution in [3.8, 4) is 11.1 Å². The molecular weight excluding hydrogens is 372 g/mol. The van der Waals surface area contributed by atoms with Gasteiger partial charge in [-0.2, -0.15) is 0 Å². The van der Waals surface area contributed by atoms with Crippen molar-refractivity contribution in [3.05, 3.63) is 54.1 Å². The van der Waals surface area contributed by atoms with E-state index in [-0.39, 0.29) is 6.54 Å². The summed E-state index contributed by atoms with van der Waals surface area (Å²) in [6.45, 7) is 4.96. The molecule has 2 aromatic rings. The fourth-order valence-corrected chi connectivity index (χ4v) is 3.26. The standard InChI is InChI=1S/C22H24N2O5/c1-22(2,3)29-21(27)23-19-16-11-6-5-9-14(16)15-10-7-8-12-17(15)24(20(19)26)13-18(25)28-4/h5-12,19H,13H2,1-4H3,(H,23,27)/t19-/m0/s1. The number of para-hydroxylation sites is 1. The highest BCUT2D eigenvalue weighted by atomic mass is 16.6. The number of hydrogen-bond acceptors (Lipinski definition) is 5. The maximum atomic E-state index is 13.5. The van der Waals surface area contributed by atoms with Crippen LogP contribution in [0.4, 0.5) is 10.5 Å². The fourth-order valence-electron chi connectivity index (χ4n) is 3.26. The number of carbonyl (C=O) groups is 3. The average Bonchev–Trinajstić information content (AvgIpc) is 2.76. The first kappa shape index (κ1) is 20.4. The Hall–Kier alpha value is -3.35. The van der Waals surface area contributed by atoms with E-state index in [4.69, 9.17) is 9.47 Å². The van der Waals surface area contributed by atoms with E-state index in [9.17, 15) is 14.4 Å². The van der Waals surface area contributed by atoms with Gasteiger partial charge in [-0.3, -0.25) is 14.5 Å². The van der Waals surface area contributed by atoms with Crippen molar-refractivity contribution in [2.45, 2.75) is 32.4 Å². The number of fused-ring (bicyclic) bond motifs is 3. The zero-order chi connectivity index (χ0) is 21.2. The highest BCUT2D eigenvalue weighted by molar-refractivity contribution is 6.08. The second kappa shape index (κ2) is 7.95. The number of hydrogen-bond donors (Lipinski definition) is 1. The second-order valence-corrected chi connectivity index (χ2v) is 7.68. The number of carbonyl (C=O) groups excluding carboxylic acids is 3. The summed E-state index contributed by atoms with van der Waals surface area (Å²) >= 11 is 0. The van der Waals surface area contributed by atoms with Gasteiger partial charge >= 0.3 is 12.1 Å². The van der Waals surface area contributed by atoms with Crippen LogP contribution in [0.1, 0.15) is 32.4 Å². The van der Waals surface area contributed by atoms with E-state index in [2.05, 4.69) is 5.32 Å². The minimum Gasteiger partial charge on any atom is -0.468 e. The molecule has 0 fully saturated rings. The largest absolute Gasteiger partial charge is 0.468 e. The van der Waals surface area contributed by atoms with Crippen LogP contribution in [0.3, 0.4) is 0 Å². The van der Waals surface area contributed by atoms with Gasteiger partial charge in [-0.1, -0.05) is 42.5 Å². The molecule has 1 N–H and O–H groups in total. The topological polar surface area (TPSA) is 84.9 Å². The Kier molecular flexibility index (Phi) is 5.59. The molecule has 29 heavy (non-hydrogen) atoms. The van der Waals surface area contributed by atoms with Crippen LogP contribution in [0.5, 0.6) is 0 Å². The molecule has 2 aromatic carbocycles. The summed E-state index contributed by atoms with van der Waals surface area (Å²) in [6.07, 6.45) is -0.713. The van der Waals surface area contributed by atoms with Gasteiger partial charge in [0.1, 0.15) is 18.2 Å². The van der Waals surface area contributed by atoms with Gasteiger partial charge in [0.15, 0.2) is 0 Å². The van der Waals surface area contributed by atoms with E-state index in [1.807, 2.05) is 24.3 Å². The quantitative estimate of drug-likeness (QED) is 0.804. The lowest BCUT2D eigenvalue weighted by Crippen LogP contribution is -2.45. The molecule has 0 saturated heterocycles. The van der Waals surface area contributed by atoms with Crippen molar-refractivity contribution in [2.24, 2.45) is 0 Å². The Morgan fingerprint density at radius 3 is 2.31 bits per heavy atom. The maximum Gasteiger partial charge on any atom is 0.408 e. The minimum absolute atomic E-state index is 0.271. The SMILES string of the molecule is COC(=O)CN1C(=O)[C@@H](NC(=O)OC(C)(C)C)c2ccccc2-c2ccccc21. The van der Waals surface area contributed by atoms with E-state index in [1.165, 1.54) is 12.0 Å². The Balaban J connectivity index is 2.10. The first-order valence-corrected chi connectivity index (χ1v) is 9.27. The van der Waals surface area contributed by atoms with Crippen molar-refractivity contribution in [1.82, 2.24) is 5.32 Å². The minimum atomic E-state index is -1.02. The molecule has 0 radical (unpaired) electrons. The number of rotatable bonds is 3. The monoisotopic (exact) mass is 396 g/mol. The molecular formula is C22H24N2O5. The normalized spacial score (nSPS) is 15.7. The zero-order valence-electron chi connectivity index (χ0n) is 16.9. The molecule has 152 valence electrons. The lowest BCUT2D eigenvalue weighted by atomic mass is 9.95. The Morgan fingerprint density at radius 2 is 1.66 bits per heavy atom. The molecule has 7 heteroatoms. The van der Waals surface area contributed by atoms with Gasteiger partial charge in [0.25, 0.3) is 5.91 Å². The van der Waals surface area contributed by atoms with Crippen molar-refractivity contribution in [1.29, 1.82) is 0 Å². The van der Waals surface area contributed by atoms with Crippen LogP contribution in [0, 0.1) is 0 Å². The number of esters is 1. The summed E-state index contributed by atoms with van der Waals surface area (Å²) in [7, 11) is 1.27. The molecule has 1 aliphatic rings. The summed E-state index contributed by atoms with van der Waals surface area (Å²) in [6, 6.07) is 13.6. The fraction of sp³-hybridized carbons (Fsp3) is 0.318. The molecule has 1 aliphatic heterocycles. The lowest BCUT2D eigenvalue weighted by molar-refractivity contribution is -0.140. The molecule has 0 spiro atoms. The molecule has 0 aliphatic carbocycles. The van der Waals surface area contributed by atoms with Crippen LogP contribution in [-0.4, -0.2) is 37.2 Å². The first-order valence-electron chi connectivity index (χ1n) is 9.27. The predicted octanol–water partition coefficient (Wildman–Crippen LogP) is 3.44. The molecule has 7 nitrogen and oxygen atoms in total. The van der Waals surface area contributed by atoms with Gasteiger partial charge in [-0.15, -0.1) is 0 Å². The summed E-state index contributed by atoms with van der Waals surface area (Å²) in [5.41, 5.74) is 2.07.